The molecule has 3 aromatic rings. The van der Waals surface area contributed by atoms with Crippen LogP contribution in [0.1, 0.15) is 21.9 Å². The summed E-state index contributed by atoms with van der Waals surface area (Å²) < 4.78 is 33.4. The predicted molar refractivity (Wildman–Crippen MR) is 94.8 cm³/mol. The summed E-state index contributed by atoms with van der Waals surface area (Å²) >= 11 is 0. The molecule has 3 rings (SSSR count). The number of aromatic nitrogens is 2. The molecule has 9 heteroatoms. The number of furan rings is 1. The molecule has 1 N–H and O–H groups in total. The normalized spacial score (nSPS) is 11.2. The van der Waals surface area contributed by atoms with Gasteiger partial charge in [-0.25, -0.2) is 8.42 Å². The first-order valence-corrected chi connectivity index (χ1v) is 9.03. The third-order valence-electron chi connectivity index (χ3n) is 3.33. The maximum absolute atomic E-state index is 12.4. The number of rotatable bonds is 5. The van der Waals surface area contributed by atoms with Crippen molar-refractivity contribution in [1.29, 1.82) is 0 Å². The highest BCUT2D eigenvalue weighted by molar-refractivity contribution is 7.94. The molecule has 0 bridgehead atoms. The van der Waals surface area contributed by atoms with Crippen LogP contribution >= 0.6 is 0 Å². The molecule has 0 radical (unpaired) electrons. The molecule has 8 nitrogen and oxygen atoms in total. The van der Waals surface area contributed by atoms with Crippen LogP contribution in [0.15, 0.2) is 58.0 Å². The quantitative estimate of drug-likeness (QED) is 0.735. The van der Waals surface area contributed by atoms with Gasteiger partial charge in [0.25, 0.3) is 5.91 Å². The molecule has 0 aliphatic rings. The zero-order valence-electron chi connectivity index (χ0n) is 14.0. The Kier molecular flexibility index (Phi) is 4.72. The fraction of sp³-hybridized carbons (Fsp3) is 0.118. The SMILES string of the molecule is Cc1cc(C)nc([N-]S(=O)(=O)c2ccc(NC(=O)c3ccco3)cc2)n1. The number of sulfonamides is 1. The number of aryl methyl sites for hydroxylation is 2. The Morgan fingerprint density at radius 2 is 1.73 bits per heavy atom. The minimum atomic E-state index is -3.97. The van der Waals surface area contributed by atoms with E-state index in [4.69, 9.17) is 4.42 Å². The Morgan fingerprint density at radius 1 is 1.08 bits per heavy atom. The fourth-order valence-corrected chi connectivity index (χ4v) is 3.10. The molecule has 1 amide bonds. The van der Waals surface area contributed by atoms with Crippen molar-refractivity contribution in [2.24, 2.45) is 0 Å². The topological polar surface area (TPSA) is 116 Å². The van der Waals surface area contributed by atoms with Crippen LogP contribution in [-0.4, -0.2) is 24.3 Å². The second-order valence-electron chi connectivity index (χ2n) is 5.47. The van der Waals surface area contributed by atoms with Crippen molar-refractivity contribution in [3.05, 3.63) is 70.6 Å². The highest BCUT2D eigenvalue weighted by atomic mass is 32.2. The molecule has 0 aliphatic heterocycles. The van der Waals surface area contributed by atoms with E-state index in [0.717, 1.165) is 0 Å². The van der Waals surface area contributed by atoms with Crippen molar-refractivity contribution < 1.29 is 17.6 Å². The Morgan fingerprint density at radius 3 is 2.31 bits per heavy atom. The average molecular weight is 371 g/mol. The highest BCUT2D eigenvalue weighted by Crippen LogP contribution is 2.25. The molecule has 0 fully saturated rings. The first-order valence-electron chi connectivity index (χ1n) is 7.59. The third kappa shape index (κ3) is 4.06. The lowest BCUT2D eigenvalue weighted by Gasteiger charge is -2.15. The first-order chi connectivity index (χ1) is 12.3. The van der Waals surface area contributed by atoms with Crippen LogP contribution in [0.2, 0.25) is 0 Å². The average Bonchev–Trinajstić information content (AvgIpc) is 3.08. The van der Waals surface area contributed by atoms with Gasteiger partial charge in [0.05, 0.1) is 11.2 Å². The second kappa shape index (κ2) is 6.96. The van der Waals surface area contributed by atoms with E-state index in [2.05, 4.69) is 20.0 Å². The lowest BCUT2D eigenvalue weighted by Crippen LogP contribution is -2.10. The van der Waals surface area contributed by atoms with E-state index in [1.165, 1.54) is 36.6 Å². The van der Waals surface area contributed by atoms with E-state index in [-0.39, 0.29) is 16.6 Å². The summed E-state index contributed by atoms with van der Waals surface area (Å²) in [7, 11) is -3.97. The largest absolute Gasteiger partial charge is 0.459 e. The number of carbonyl (C=O) groups excluding carboxylic acids is 1. The summed E-state index contributed by atoms with van der Waals surface area (Å²) in [5, 5.41) is 2.60. The molecule has 134 valence electrons. The maximum Gasteiger partial charge on any atom is 0.291 e. The fourth-order valence-electron chi connectivity index (χ4n) is 2.22. The molecule has 0 unspecified atom stereocenters. The number of hydrogen-bond donors (Lipinski definition) is 1. The molecule has 0 aliphatic carbocycles. The van der Waals surface area contributed by atoms with Gasteiger partial charge in [-0.15, -0.1) is 0 Å². The lowest BCUT2D eigenvalue weighted by molar-refractivity contribution is 0.0996. The van der Waals surface area contributed by atoms with E-state index < -0.39 is 15.9 Å². The Labute approximate surface area is 150 Å². The molecule has 0 saturated carbocycles. The lowest BCUT2D eigenvalue weighted by atomic mass is 10.3. The summed E-state index contributed by atoms with van der Waals surface area (Å²) in [6.07, 6.45) is 1.39. The van der Waals surface area contributed by atoms with Crippen molar-refractivity contribution in [3.63, 3.8) is 0 Å². The third-order valence-corrected chi connectivity index (χ3v) is 4.60. The highest BCUT2D eigenvalue weighted by Gasteiger charge is 2.13. The van der Waals surface area contributed by atoms with Gasteiger partial charge in [0.2, 0.25) is 10.0 Å². The molecule has 2 heterocycles. The Balaban J connectivity index is 1.75. The van der Waals surface area contributed by atoms with Crippen molar-refractivity contribution in [2.75, 3.05) is 5.32 Å². The Hall–Kier alpha value is -3.20. The van der Waals surface area contributed by atoms with Crippen LogP contribution in [0.5, 0.6) is 0 Å². The van der Waals surface area contributed by atoms with E-state index in [1.807, 2.05) is 0 Å². The molecule has 0 atom stereocenters. The predicted octanol–water partition coefficient (Wildman–Crippen LogP) is 3.33. The zero-order valence-corrected chi connectivity index (χ0v) is 14.8. The van der Waals surface area contributed by atoms with Gasteiger partial charge >= 0.3 is 0 Å². The molecule has 0 spiro atoms. The summed E-state index contributed by atoms with van der Waals surface area (Å²) in [4.78, 5) is 19.9. The summed E-state index contributed by atoms with van der Waals surface area (Å²) in [5.74, 6) is -0.389. The van der Waals surface area contributed by atoms with Crippen LogP contribution in [0.3, 0.4) is 0 Å². The smallest absolute Gasteiger partial charge is 0.291 e. The van der Waals surface area contributed by atoms with Crippen molar-refractivity contribution in [2.45, 2.75) is 18.7 Å². The van der Waals surface area contributed by atoms with E-state index in [9.17, 15) is 13.2 Å². The summed E-state index contributed by atoms with van der Waals surface area (Å²) in [5.41, 5.74) is 1.68. The standard InChI is InChI=1S/C17H16N4O4S/c1-11-10-12(2)19-17(18-11)21-26(23,24)14-7-5-13(6-8-14)20-16(22)15-4-3-9-25-15/h3-10H,1-2H3,(H2,18,19,20,21,22)/p-1. The van der Waals surface area contributed by atoms with Crippen molar-refractivity contribution >= 4 is 27.6 Å². The van der Waals surface area contributed by atoms with E-state index in [1.54, 1.807) is 26.0 Å². The van der Waals surface area contributed by atoms with Crippen LogP contribution < -0.4 is 5.32 Å². The summed E-state index contributed by atoms with van der Waals surface area (Å²) in [6, 6.07) is 10.5. The molecule has 26 heavy (non-hydrogen) atoms. The van der Waals surface area contributed by atoms with Crippen molar-refractivity contribution in [1.82, 2.24) is 9.97 Å². The molecule has 0 saturated heterocycles. The van der Waals surface area contributed by atoms with Crippen LogP contribution in [-0.2, 0) is 10.0 Å². The van der Waals surface area contributed by atoms with Gasteiger partial charge in [0, 0.05) is 11.6 Å². The molecule has 1 aromatic carbocycles. The number of amides is 1. The van der Waals surface area contributed by atoms with Gasteiger partial charge in [-0.3, -0.25) is 9.52 Å². The maximum atomic E-state index is 12.4. The first kappa shape index (κ1) is 17.6. The number of nitrogens with one attached hydrogen (secondary N) is 1. The van der Waals surface area contributed by atoms with Gasteiger partial charge in [-0.2, -0.15) is 0 Å². The molecular formula is C17H15N4O4S-. The van der Waals surface area contributed by atoms with Crippen LogP contribution in [0.25, 0.3) is 4.72 Å². The molecule has 2 aromatic heterocycles. The number of anilines is 1. The van der Waals surface area contributed by atoms with Gasteiger partial charge in [0.1, 0.15) is 0 Å². The molecular weight excluding hydrogens is 356 g/mol. The second-order valence-corrected chi connectivity index (χ2v) is 7.08. The zero-order chi connectivity index (χ0) is 18.7. The minimum Gasteiger partial charge on any atom is -0.459 e. The number of benzene rings is 1. The number of nitrogens with zero attached hydrogens (tertiary/aromatic N) is 3. The monoisotopic (exact) mass is 371 g/mol. The van der Waals surface area contributed by atoms with Crippen LogP contribution in [0.4, 0.5) is 11.6 Å². The van der Waals surface area contributed by atoms with Crippen LogP contribution in [0, 0.1) is 13.8 Å². The number of hydrogen-bond acceptors (Lipinski definition) is 6. The van der Waals surface area contributed by atoms with Gasteiger partial charge in [0.15, 0.2) is 5.76 Å². The summed E-state index contributed by atoms with van der Waals surface area (Å²) in [6.45, 7) is 3.47. The van der Waals surface area contributed by atoms with E-state index in [0.29, 0.717) is 17.1 Å². The van der Waals surface area contributed by atoms with Crippen molar-refractivity contribution in [3.8, 4) is 0 Å². The number of carbonyl (C=O) groups is 1. The van der Waals surface area contributed by atoms with Gasteiger partial charge in [-0.1, -0.05) is 6.07 Å². The van der Waals surface area contributed by atoms with Gasteiger partial charge < -0.3 is 19.7 Å². The van der Waals surface area contributed by atoms with E-state index >= 15 is 0 Å². The minimum absolute atomic E-state index is 0.0312. The van der Waals surface area contributed by atoms with Gasteiger partial charge in [-0.05, 0) is 61.6 Å². The Bertz CT molecular complexity index is 1010.